The molecule has 0 radical (unpaired) electrons. The third kappa shape index (κ3) is 4.36. The lowest BCUT2D eigenvalue weighted by Gasteiger charge is -2.12. The molecule has 24 heavy (non-hydrogen) atoms. The first kappa shape index (κ1) is 16.5. The van der Waals surface area contributed by atoms with E-state index in [-0.39, 0.29) is 6.10 Å². The highest BCUT2D eigenvalue weighted by Gasteiger charge is 2.15. The van der Waals surface area contributed by atoms with Crippen LogP contribution >= 0.6 is 12.2 Å². The van der Waals surface area contributed by atoms with Crippen LogP contribution in [0.15, 0.2) is 42.0 Å². The highest BCUT2D eigenvalue weighted by molar-refractivity contribution is 7.80. The fourth-order valence-corrected chi connectivity index (χ4v) is 2.58. The van der Waals surface area contributed by atoms with Crippen molar-refractivity contribution >= 4 is 23.0 Å². The summed E-state index contributed by atoms with van der Waals surface area (Å²) >= 11 is 5.23. The summed E-state index contributed by atoms with van der Waals surface area (Å²) in [5.41, 5.74) is 5.68. The van der Waals surface area contributed by atoms with Crippen LogP contribution in [0.2, 0.25) is 0 Å². The van der Waals surface area contributed by atoms with Gasteiger partial charge >= 0.3 is 0 Å². The van der Waals surface area contributed by atoms with Crippen molar-refractivity contribution in [3.05, 3.63) is 42.5 Å². The van der Waals surface area contributed by atoms with Crippen molar-refractivity contribution < 1.29 is 4.74 Å². The summed E-state index contributed by atoms with van der Waals surface area (Å²) in [5, 5.41) is 12.1. The Morgan fingerprint density at radius 2 is 2.25 bits per heavy atom. The molecule has 1 aliphatic heterocycles. The Morgan fingerprint density at radius 3 is 2.92 bits per heavy atom. The Balaban J connectivity index is 1.52. The number of nitrogens with one attached hydrogen (secondary N) is 2. The molecule has 2 heterocycles. The molecule has 1 fully saturated rings. The Kier molecular flexibility index (Phi) is 5.50. The van der Waals surface area contributed by atoms with Gasteiger partial charge in [0.2, 0.25) is 0 Å². The first-order valence-corrected chi connectivity index (χ1v) is 8.28. The van der Waals surface area contributed by atoms with Gasteiger partial charge < -0.3 is 10.1 Å². The molecule has 0 aliphatic carbocycles. The minimum absolute atomic E-state index is 0.249. The third-order valence-corrected chi connectivity index (χ3v) is 4.04. The maximum atomic E-state index is 5.54. The van der Waals surface area contributed by atoms with E-state index in [1.807, 2.05) is 31.2 Å². The van der Waals surface area contributed by atoms with Crippen molar-refractivity contribution in [3.8, 4) is 5.69 Å². The van der Waals surface area contributed by atoms with Crippen LogP contribution in [0.5, 0.6) is 0 Å². The van der Waals surface area contributed by atoms with Crippen LogP contribution in [0.1, 0.15) is 25.3 Å². The molecule has 8 heteroatoms. The van der Waals surface area contributed by atoms with E-state index in [9.17, 15) is 0 Å². The SMILES string of the molecule is C/C(=N\NC(=S)NCC1CCCO1)c1ccc(-n2cncn2)cc1. The van der Waals surface area contributed by atoms with E-state index in [2.05, 4.69) is 25.9 Å². The largest absolute Gasteiger partial charge is 0.376 e. The molecule has 3 rings (SSSR count). The first-order valence-electron chi connectivity index (χ1n) is 7.87. The van der Waals surface area contributed by atoms with Gasteiger partial charge in [0.25, 0.3) is 0 Å². The van der Waals surface area contributed by atoms with Crippen molar-refractivity contribution in [1.82, 2.24) is 25.5 Å². The second kappa shape index (κ2) is 7.98. The number of nitrogens with zero attached hydrogens (tertiary/aromatic N) is 4. The Morgan fingerprint density at radius 1 is 1.42 bits per heavy atom. The molecule has 1 aromatic carbocycles. The Hall–Kier alpha value is -2.32. The van der Waals surface area contributed by atoms with E-state index in [0.29, 0.717) is 11.7 Å². The molecule has 0 amide bonds. The standard InChI is InChI=1S/C16H20N6OS/c1-12(20-21-16(24)18-9-15-3-2-8-23-15)13-4-6-14(7-5-13)22-11-17-10-19-22/h4-7,10-11,15H,2-3,8-9H2,1H3,(H2,18,21,24)/b20-12+. The molecular weight excluding hydrogens is 324 g/mol. The van der Waals surface area contributed by atoms with E-state index in [4.69, 9.17) is 17.0 Å². The zero-order valence-corrected chi connectivity index (χ0v) is 14.3. The van der Waals surface area contributed by atoms with E-state index < -0.39 is 0 Å². The fourth-order valence-electron chi connectivity index (χ4n) is 2.45. The smallest absolute Gasteiger partial charge is 0.187 e. The van der Waals surface area contributed by atoms with Crippen molar-refractivity contribution in [1.29, 1.82) is 0 Å². The number of rotatable bonds is 5. The highest BCUT2D eigenvalue weighted by atomic mass is 32.1. The third-order valence-electron chi connectivity index (χ3n) is 3.81. The van der Waals surface area contributed by atoms with Crippen molar-refractivity contribution in [2.24, 2.45) is 5.10 Å². The van der Waals surface area contributed by atoms with Gasteiger partial charge in [-0.3, -0.25) is 5.43 Å². The maximum Gasteiger partial charge on any atom is 0.187 e. The number of hydrogen-bond acceptors (Lipinski definition) is 5. The van der Waals surface area contributed by atoms with Gasteiger partial charge in [-0.05, 0) is 49.7 Å². The zero-order chi connectivity index (χ0) is 16.8. The molecule has 0 saturated carbocycles. The number of aromatic nitrogens is 3. The Bertz CT molecular complexity index is 692. The predicted octanol–water partition coefficient (Wildman–Crippen LogP) is 1.63. The number of benzene rings is 1. The minimum atomic E-state index is 0.249. The molecule has 0 spiro atoms. The van der Waals surface area contributed by atoms with E-state index in [1.54, 1.807) is 11.0 Å². The van der Waals surface area contributed by atoms with Crippen LogP contribution in [0.3, 0.4) is 0 Å². The summed E-state index contributed by atoms with van der Waals surface area (Å²) < 4.78 is 7.25. The van der Waals surface area contributed by atoms with Crippen LogP contribution in [0.4, 0.5) is 0 Å². The van der Waals surface area contributed by atoms with E-state index in [0.717, 1.165) is 36.4 Å². The average Bonchev–Trinajstić information content (AvgIpc) is 3.31. The van der Waals surface area contributed by atoms with Crippen molar-refractivity contribution in [2.45, 2.75) is 25.9 Å². The van der Waals surface area contributed by atoms with Crippen LogP contribution in [-0.4, -0.2) is 44.8 Å². The van der Waals surface area contributed by atoms with Gasteiger partial charge in [-0.2, -0.15) is 10.2 Å². The topological polar surface area (TPSA) is 76.4 Å². The van der Waals surface area contributed by atoms with Crippen LogP contribution < -0.4 is 10.7 Å². The zero-order valence-electron chi connectivity index (χ0n) is 13.5. The summed E-state index contributed by atoms with van der Waals surface area (Å²) in [4.78, 5) is 3.94. The molecule has 2 N–H and O–H groups in total. The Labute approximate surface area is 146 Å². The van der Waals surface area contributed by atoms with Gasteiger partial charge in [-0.25, -0.2) is 9.67 Å². The quantitative estimate of drug-likeness (QED) is 0.488. The molecule has 7 nitrogen and oxygen atoms in total. The van der Waals surface area contributed by atoms with Gasteiger partial charge in [0.15, 0.2) is 5.11 Å². The normalized spacial score (nSPS) is 17.7. The average molecular weight is 344 g/mol. The van der Waals surface area contributed by atoms with Crippen LogP contribution in [0.25, 0.3) is 5.69 Å². The monoisotopic (exact) mass is 344 g/mol. The predicted molar refractivity (Wildman–Crippen MR) is 96.3 cm³/mol. The first-order chi connectivity index (χ1) is 11.7. The summed E-state index contributed by atoms with van der Waals surface area (Å²) in [7, 11) is 0. The highest BCUT2D eigenvalue weighted by Crippen LogP contribution is 2.10. The molecule has 126 valence electrons. The second-order valence-electron chi connectivity index (χ2n) is 5.54. The molecule has 1 aliphatic rings. The van der Waals surface area contributed by atoms with Gasteiger partial charge in [-0.1, -0.05) is 12.1 Å². The summed E-state index contributed by atoms with van der Waals surface area (Å²) in [6.45, 7) is 3.49. The van der Waals surface area contributed by atoms with Gasteiger partial charge in [0, 0.05) is 13.2 Å². The lowest BCUT2D eigenvalue weighted by Crippen LogP contribution is -2.37. The second-order valence-corrected chi connectivity index (χ2v) is 5.95. The summed E-state index contributed by atoms with van der Waals surface area (Å²) in [6.07, 6.45) is 5.62. The molecule has 1 atom stereocenters. The molecular formula is C16H20N6OS. The lowest BCUT2D eigenvalue weighted by atomic mass is 10.1. The molecule has 0 bridgehead atoms. The number of thiocarbonyl (C=S) groups is 1. The van der Waals surface area contributed by atoms with Crippen molar-refractivity contribution in [2.75, 3.05) is 13.2 Å². The molecule has 2 aromatic rings. The number of hydrazone groups is 1. The minimum Gasteiger partial charge on any atom is -0.376 e. The summed E-state index contributed by atoms with van der Waals surface area (Å²) in [5.74, 6) is 0. The molecule has 1 unspecified atom stereocenters. The summed E-state index contributed by atoms with van der Waals surface area (Å²) in [6, 6.07) is 7.91. The fraction of sp³-hybridized carbons (Fsp3) is 0.375. The van der Waals surface area contributed by atoms with Gasteiger partial charge in [0.1, 0.15) is 12.7 Å². The number of ether oxygens (including phenoxy) is 1. The van der Waals surface area contributed by atoms with E-state index >= 15 is 0 Å². The molecule has 1 aromatic heterocycles. The van der Waals surface area contributed by atoms with Crippen LogP contribution in [-0.2, 0) is 4.74 Å². The number of hydrogen-bond donors (Lipinski definition) is 2. The lowest BCUT2D eigenvalue weighted by molar-refractivity contribution is 0.114. The van der Waals surface area contributed by atoms with Crippen molar-refractivity contribution in [3.63, 3.8) is 0 Å². The van der Waals surface area contributed by atoms with Gasteiger partial charge in [-0.15, -0.1) is 0 Å². The maximum absolute atomic E-state index is 5.54. The van der Waals surface area contributed by atoms with E-state index in [1.165, 1.54) is 6.33 Å². The molecule has 1 saturated heterocycles. The van der Waals surface area contributed by atoms with Crippen LogP contribution in [0, 0.1) is 0 Å². The van der Waals surface area contributed by atoms with Gasteiger partial charge in [0.05, 0.1) is 17.5 Å².